The van der Waals surface area contributed by atoms with Crippen LogP contribution in [0.4, 0.5) is 0 Å². The zero-order valence-electron chi connectivity index (χ0n) is 14.9. The third-order valence-electron chi connectivity index (χ3n) is 5.79. The first-order valence-electron chi connectivity index (χ1n) is 9.13. The Kier molecular flexibility index (Phi) is 6.51. The van der Waals surface area contributed by atoms with Gasteiger partial charge in [-0.2, -0.15) is 0 Å². The van der Waals surface area contributed by atoms with Crippen LogP contribution in [-0.4, -0.2) is 62.2 Å². The molecule has 2 aliphatic rings. The van der Waals surface area contributed by atoms with Crippen molar-refractivity contribution in [3.8, 4) is 0 Å². The van der Waals surface area contributed by atoms with E-state index >= 15 is 0 Å². The van der Waals surface area contributed by atoms with E-state index in [-0.39, 0.29) is 0 Å². The largest absolute Gasteiger partial charge is 0.313 e. The van der Waals surface area contributed by atoms with E-state index in [1.54, 1.807) is 0 Å². The second kappa shape index (κ2) is 7.94. The highest BCUT2D eigenvalue weighted by Gasteiger charge is 2.36. The van der Waals surface area contributed by atoms with Gasteiger partial charge in [-0.05, 0) is 77.2 Å². The summed E-state index contributed by atoms with van der Waals surface area (Å²) < 4.78 is 0. The molecule has 0 aromatic rings. The van der Waals surface area contributed by atoms with Crippen molar-refractivity contribution >= 4 is 0 Å². The molecular formula is C18H37N3. The molecule has 4 unspecified atom stereocenters. The van der Waals surface area contributed by atoms with Gasteiger partial charge < -0.3 is 15.1 Å². The Hall–Kier alpha value is -0.120. The zero-order chi connectivity index (χ0) is 15.4. The Morgan fingerprint density at radius 2 is 1.81 bits per heavy atom. The van der Waals surface area contributed by atoms with Gasteiger partial charge >= 0.3 is 0 Å². The fraction of sp³-hybridized carbons (Fsp3) is 1.00. The van der Waals surface area contributed by atoms with Crippen LogP contribution in [0.3, 0.4) is 0 Å². The Morgan fingerprint density at radius 1 is 1.14 bits per heavy atom. The quantitative estimate of drug-likeness (QED) is 0.841. The molecule has 1 saturated heterocycles. The molecule has 0 amide bonds. The molecule has 0 aromatic carbocycles. The number of nitrogens with one attached hydrogen (secondary N) is 1. The Balaban J connectivity index is 1.92. The first-order valence-corrected chi connectivity index (χ1v) is 9.13. The molecule has 0 bridgehead atoms. The van der Waals surface area contributed by atoms with Gasteiger partial charge in [0.05, 0.1) is 0 Å². The molecule has 3 nitrogen and oxygen atoms in total. The summed E-state index contributed by atoms with van der Waals surface area (Å²) in [5, 5.41) is 3.77. The molecule has 1 N–H and O–H groups in total. The van der Waals surface area contributed by atoms with Gasteiger partial charge in [0, 0.05) is 18.6 Å². The molecule has 0 aromatic heterocycles. The van der Waals surface area contributed by atoms with Gasteiger partial charge in [-0.1, -0.05) is 20.8 Å². The van der Waals surface area contributed by atoms with Crippen molar-refractivity contribution in [1.82, 2.24) is 15.1 Å². The number of hydrogen-bond acceptors (Lipinski definition) is 3. The fourth-order valence-corrected chi connectivity index (χ4v) is 4.82. The monoisotopic (exact) mass is 295 g/mol. The lowest BCUT2D eigenvalue weighted by Crippen LogP contribution is -2.56. The maximum Gasteiger partial charge on any atom is 0.0272 e. The number of rotatable bonds is 5. The predicted octanol–water partition coefficient (Wildman–Crippen LogP) is 2.67. The average molecular weight is 296 g/mol. The topological polar surface area (TPSA) is 18.5 Å². The summed E-state index contributed by atoms with van der Waals surface area (Å²) in [7, 11) is 4.63. The smallest absolute Gasteiger partial charge is 0.0272 e. The van der Waals surface area contributed by atoms with Crippen molar-refractivity contribution in [2.24, 2.45) is 17.8 Å². The van der Waals surface area contributed by atoms with E-state index in [0.29, 0.717) is 6.04 Å². The summed E-state index contributed by atoms with van der Waals surface area (Å²) in [6.07, 6.45) is 5.50. The normalized spacial score (nSPS) is 36.3. The molecule has 1 saturated carbocycles. The van der Waals surface area contributed by atoms with Crippen molar-refractivity contribution in [3.05, 3.63) is 0 Å². The van der Waals surface area contributed by atoms with Crippen LogP contribution in [0.2, 0.25) is 0 Å². The van der Waals surface area contributed by atoms with Gasteiger partial charge in [0.1, 0.15) is 0 Å². The van der Waals surface area contributed by atoms with Crippen molar-refractivity contribution < 1.29 is 0 Å². The zero-order valence-corrected chi connectivity index (χ0v) is 14.9. The van der Waals surface area contributed by atoms with Crippen LogP contribution in [0, 0.1) is 17.8 Å². The van der Waals surface area contributed by atoms with E-state index < -0.39 is 0 Å². The van der Waals surface area contributed by atoms with E-state index in [1.165, 1.54) is 45.3 Å². The van der Waals surface area contributed by atoms with Crippen molar-refractivity contribution in [3.63, 3.8) is 0 Å². The van der Waals surface area contributed by atoms with E-state index in [4.69, 9.17) is 0 Å². The highest BCUT2D eigenvalue weighted by atomic mass is 15.2. The van der Waals surface area contributed by atoms with Crippen LogP contribution in [0.15, 0.2) is 0 Å². The van der Waals surface area contributed by atoms with Gasteiger partial charge in [0.2, 0.25) is 0 Å². The van der Waals surface area contributed by atoms with Gasteiger partial charge in [-0.15, -0.1) is 0 Å². The minimum atomic E-state index is 0.685. The summed E-state index contributed by atoms with van der Waals surface area (Å²) in [4.78, 5) is 5.17. The van der Waals surface area contributed by atoms with Gasteiger partial charge in [0.25, 0.3) is 0 Å². The third kappa shape index (κ3) is 4.67. The van der Waals surface area contributed by atoms with E-state index in [9.17, 15) is 0 Å². The minimum Gasteiger partial charge on any atom is -0.313 e. The summed E-state index contributed by atoms with van der Waals surface area (Å²) >= 11 is 0. The Bertz CT molecular complexity index is 299. The maximum absolute atomic E-state index is 3.77. The first-order chi connectivity index (χ1) is 10.0. The standard InChI is InChI=1S/C18H37N3/c1-6-19-17-12-14(2)11-15(3)18(17)21(5)13-16-7-9-20(4)10-8-16/h14-19H,6-13H2,1-5H3. The highest BCUT2D eigenvalue weighted by Crippen LogP contribution is 2.32. The van der Waals surface area contributed by atoms with Gasteiger partial charge in [-0.25, -0.2) is 0 Å². The molecule has 2 fully saturated rings. The lowest BCUT2D eigenvalue weighted by atomic mass is 9.75. The minimum absolute atomic E-state index is 0.685. The Morgan fingerprint density at radius 3 is 2.43 bits per heavy atom. The lowest BCUT2D eigenvalue weighted by Gasteiger charge is -2.46. The molecular weight excluding hydrogens is 258 g/mol. The van der Waals surface area contributed by atoms with Crippen molar-refractivity contribution in [2.45, 2.75) is 58.5 Å². The predicted molar refractivity (Wildman–Crippen MR) is 91.7 cm³/mol. The van der Waals surface area contributed by atoms with E-state index in [2.05, 4.69) is 50.0 Å². The van der Waals surface area contributed by atoms with Crippen LogP contribution in [-0.2, 0) is 0 Å². The molecule has 1 aliphatic carbocycles. The highest BCUT2D eigenvalue weighted by molar-refractivity contribution is 4.93. The first kappa shape index (κ1) is 17.2. The van der Waals surface area contributed by atoms with E-state index in [0.717, 1.165) is 30.3 Å². The second-order valence-corrected chi connectivity index (χ2v) is 7.89. The molecule has 3 heteroatoms. The van der Waals surface area contributed by atoms with E-state index in [1.807, 2.05) is 0 Å². The lowest BCUT2D eigenvalue weighted by molar-refractivity contribution is 0.0599. The average Bonchev–Trinajstić information content (AvgIpc) is 2.41. The summed E-state index contributed by atoms with van der Waals surface area (Å²) in [6, 6.07) is 1.41. The maximum atomic E-state index is 3.77. The molecule has 124 valence electrons. The molecule has 1 heterocycles. The number of hydrogen-bond donors (Lipinski definition) is 1. The third-order valence-corrected chi connectivity index (χ3v) is 5.79. The number of nitrogens with zero attached hydrogens (tertiary/aromatic N) is 2. The Labute approximate surface area is 132 Å². The van der Waals surface area contributed by atoms with Gasteiger partial charge in [-0.3, -0.25) is 0 Å². The second-order valence-electron chi connectivity index (χ2n) is 7.89. The molecule has 0 spiro atoms. The fourth-order valence-electron chi connectivity index (χ4n) is 4.82. The molecule has 1 aliphatic heterocycles. The van der Waals surface area contributed by atoms with Crippen molar-refractivity contribution in [2.75, 3.05) is 40.3 Å². The molecule has 2 rings (SSSR count). The van der Waals surface area contributed by atoms with Crippen LogP contribution in [0.1, 0.15) is 46.5 Å². The molecule has 21 heavy (non-hydrogen) atoms. The van der Waals surface area contributed by atoms with Crippen LogP contribution in [0.25, 0.3) is 0 Å². The summed E-state index contributed by atoms with van der Waals surface area (Å²) in [6.45, 7) is 12.1. The molecule has 4 atom stereocenters. The van der Waals surface area contributed by atoms with Crippen molar-refractivity contribution in [1.29, 1.82) is 0 Å². The van der Waals surface area contributed by atoms with Gasteiger partial charge in [0.15, 0.2) is 0 Å². The molecule has 0 radical (unpaired) electrons. The van der Waals surface area contributed by atoms with Crippen LogP contribution < -0.4 is 5.32 Å². The number of piperidine rings is 1. The number of likely N-dealkylation sites (N-methyl/N-ethyl adjacent to an activating group) is 2. The summed E-state index contributed by atoms with van der Waals surface area (Å²) in [5.74, 6) is 2.59. The SMILES string of the molecule is CCNC1CC(C)CC(C)C1N(C)CC1CCN(C)CC1. The summed E-state index contributed by atoms with van der Waals surface area (Å²) in [5.41, 5.74) is 0. The van der Waals surface area contributed by atoms with Crippen LogP contribution in [0.5, 0.6) is 0 Å². The number of likely N-dealkylation sites (tertiary alicyclic amines) is 1. The van der Waals surface area contributed by atoms with Crippen LogP contribution >= 0.6 is 0 Å².